The second-order valence-electron chi connectivity index (χ2n) is 12.1. The molecule has 3 heterocycles. The van der Waals surface area contributed by atoms with Crippen LogP contribution < -0.4 is 21.9 Å². The molecule has 28 nitrogen and oxygen atoms in total. The van der Waals surface area contributed by atoms with Crippen LogP contribution in [0.1, 0.15) is 31.1 Å². The summed E-state index contributed by atoms with van der Waals surface area (Å²) in [5.41, 5.74) is 44.2. The molecule has 6 N–H and O–H groups in total. The minimum Gasteiger partial charge on any atom is -0.391 e. The molecule has 284 valence electrons. The van der Waals surface area contributed by atoms with Crippen molar-refractivity contribution in [1.82, 2.24) is 20.2 Å². The Kier molecular flexibility index (Phi) is 14.2. The summed E-state index contributed by atoms with van der Waals surface area (Å²) >= 11 is 0. The number of carbonyl (C=O) groups excluding carboxylic acids is 1. The zero-order chi connectivity index (χ0) is 38.7. The van der Waals surface area contributed by atoms with Crippen LogP contribution in [-0.4, -0.2) is 124 Å². The minimum atomic E-state index is -1.75. The number of hydrogen-bond acceptors (Lipinski definition) is 15. The first kappa shape index (κ1) is 40.2. The molecule has 13 atom stereocenters. The molecule has 1 aliphatic carbocycles. The van der Waals surface area contributed by atoms with Crippen LogP contribution in [0, 0.1) is 6.92 Å². The number of ether oxygens (including phenoxy) is 3. The zero-order valence-electron chi connectivity index (χ0n) is 27.8. The second-order valence-corrected chi connectivity index (χ2v) is 12.1. The summed E-state index contributed by atoms with van der Waals surface area (Å²) in [6.45, 7) is 1.07. The highest BCUT2D eigenvalue weighted by atomic mass is 16.7. The normalized spacial score (nSPS) is 33.5. The number of rotatable bonds is 15. The van der Waals surface area contributed by atoms with Crippen molar-refractivity contribution in [3.05, 3.63) is 84.8 Å². The van der Waals surface area contributed by atoms with Crippen molar-refractivity contribution >= 4 is 5.91 Å². The quantitative estimate of drug-likeness (QED) is 0.0613. The van der Waals surface area contributed by atoms with E-state index in [1.807, 2.05) is 0 Å². The Morgan fingerprint density at radius 2 is 1.60 bits per heavy atom. The molecule has 1 saturated carbocycles. The molecule has 2 saturated heterocycles. The van der Waals surface area contributed by atoms with E-state index in [9.17, 15) is 35.2 Å². The number of amides is 1. The van der Waals surface area contributed by atoms with Gasteiger partial charge in [-0.25, -0.2) is 4.79 Å². The highest BCUT2D eigenvalue weighted by molar-refractivity contribution is 5.82. The smallest absolute Gasteiger partial charge is 0.330 e. The van der Waals surface area contributed by atoms with Gasteiger partial charge in [-0.15, -0.1) is 0 Å². The Labute approximate surface area is 296 Å². The van der Waals surface area contributed by atoms with E-state index in [1.54, 1.807) is 0 Å². The number of hydrogen-bond donors (Lipinski definition) is 6. The summed E-state index contributed by atoms with van der Waals surface area (Å²) in [6, 6.07) is -5.95. The molecule has 1 aromatic heterocycles. The van der Waals surface area contributed by atoms with Crippen molar-refractivity contribution in [1.29, 1.82) is 0 Å². The lowest BCUT2D eigenvalue weighted by molar-refractivity contribution is -0.279. The van der Waals surface area contributed by atoms with Gasteiger partial charge in [0, 0.05) is 49.3 Å². The number of nitrogens with one attached hydrogen (secondary N) is 3. The van der Waals surface area contributed by atoms with E-state index < -0.39 is 103 Å². The van der Waals surface area contributed by atoms with Crippen LogP contribution in [0.4, 0.5) is 0 Å². The number of azide groups is 5. The number of H-pyrrole nitrogens is 1. The third-order valence-corrected chi connectivity index (χ3v) is 8.89. The highest BCUT2D eigenvalue weighted by Crippen LogP contribution is 2.33. The third-order valence-electron chi connectivity index (χ3n) is 8.89. The molecule has 28 heteroatoms. The van der Waals surface area contributed by atoms with Crippen LogP contribution in [0.3, 0.4) is 0 Å². The molecule has 53 heavy (non-hydrogen) atoms. The lowest BCUT2D eigenvalue weighted by Gasteiger charge is -2.47. The summed E-state index contributed by atoms with van der Waals surface area (Å²) in [7, 11) is 0. The summed E-state index contributed by atoms with van der Waals surface area (Å²) in [5, 5.41) is 55.9. The SMILES string of the molecule is Cc1cn([C@H]2C[C@H](N=[N+]=[N-])[C@@H](C(=O)NCCCN[C@H]3[C@@H](O)[C@H](N=[N+]=[N-])C[C@H](N=[N+]=[N-])[C@H]3O[C@H]3O[C@H](CN=[N+]=[N-])[C@@H](O)[C@H](O)[C@H]3N=[N+]=[N-])O2)c(=O)[nH]c1=O. The van der Waals surface area contributed by atoms with E-state index in [0.717, 1.165) is 4.57 Å². The van der Waals surface area contributed by atoms with E-state index in [2.05, 4.69) is 65.7 Å². The summed E-state index contributed by atoms with van der Waals surface area (Å²) in [4.78, 5) is 53.0. The molecule has 0 bridgehead atoms. The fourth-order valence-electron chi connectivity index (χ4n) is 6.31. The number of nitrogens with zero attached hydrogens (tertiary/aromatic N) is 16. The van der Waals surface area contributed by atoms with Gasteiger partial charge in [0.15, 0.2) is 6.29 Å². The highest BCUT2D eigenvalue weighted by Gasteiger charge is 2.50. The van der Waals surface area contributed by atoms with E-state index in [4.69, 9.17) is 36.3 Å². The number of aliphatic hydroxyl groups excluding tert-OH is 3. The van der Waals surface area contributed by atoms with Crippen LogP contribution in [0.5, 0.6) is 0 Å². The molecule has 0 spiro atoms. The van der Waals surface area contributed by atoms with Gasteiger partial charge in [0.25, 0.3) is 5.56 Å². The second kappa shape index (κ2) is 18.8. The van der Waals surface area contributed by atoms with Gasteiger partial charge < -0.3 is 40.2 Å². The Balaban J connectivity index is 1.47. The van der Waals surface area contributed by atoms with Crippen LogP contribution in [0.25, 0.3) is 52.2 Å². The van der Waals surface area contributed by atoms with Crippen molar-refractivity contribution in [3.63, 3.8) is 0 Å². The zero-order valence-corrected chi connectivity index (χ0v) is 27.8. The number of aryl methyl sites for hydroxylation is 1. The van der Waals surface area contributed by atoms with Crippen molar-refractivity contribution in [2.75, 3.05) is 19.6 Å². The number of aliphatic hydroxyl groups is 3. The Bertz CT molecular complexity index is 1840. The molecule has 3 aliphatic rings. The van der Waals surface area contributed by atoms with Gasteiger partial charge in [0.2, 0.25) is 5.91 Å². The molecule has 3 fully saturated rings. The van der Waals surface area contributed by atoms with Crippen molar-refractivity contribution in [2.24, 2.45) is 25.6 Å². The Morgan fingerprint density at radius 1 is 0.925 bits per heavy atom. The number of aromatic nitrogens is 2. The van der Waals surface area contributed by atoms with E-state index >= 15 is 0 Å². The number of carbonyl (C=O) groups is 1. The van der Waals surface area contributed by atoms with Crippen LogP contribution in [-0.2, 0) is 19.0 Å². The maximum absolute atomic E-state index is 13.1. The molecule has 0 aromatic carbocycles. The van der Waals surface area contributed by atoms with E-state index in [-0.39, 0.29) is 37.9 Å². The van der Waals surface area contributed by atoms with Crippen molar-refractivity contribution in [3.8, 4) is 0 Å². The molecule has 0 unspecified atom stereocenters. The van der Waals surface area contributed by atoms with Gasteiger partial charge in [-0.1, -0.05) is 25.6 Å². The maximum atomic E-state index is 13.1. The Morgan fingerprint density at radius 3 is 2.28 bits per heavy atom. The molecule has 2 aliphatic heterocycles. The molecular formula is C25H35N19O9. The van der Waals surface area contributed by atoms with Gasteiger partial charge in [-0.2, -0.15) is 0 Å². The van der Waals surface area contributed by atoms with Gasteiger partial charge in [0.05, 0.1) is 55.1 Å². The summed E-state index contributed by atoms with van der Waals surface area (Å²) in [5.74, 6) is -0.667. The van der Waals surface area contributed by atoms with Gasteiger partial charge in [-0.05, 0) is 54.0 Å². The maximum Gasteiger partial charge on any atom is 0.330 e. The average Bonchev–Trinajstić information content (AvgIpc) is 3.55. The van der Waals surface area contributed by atoms with Gasteiger partial charge >= 0.3 is 5.69 Å². The first-order valence-corrected chi connectivity index (χ1v) is 16.0. The van der Waals surface area contributed by atoms with E-state index in [0.29, 0.717) is 0 Å². The van der Waals surface area contributed by atoms with Crippen molar-refractivity contribution < 1.29 is 34.3 Å². The molecule has 0 radical (unpaired) electrons. The lowest BCUT2D eigenvalue weighted by atomic mass is 9.82. The van der Waals surface area contributed by atoms with Crippen LogP contribution >= 0.6 is 0 Å². The molecular weight excluding hydrogens is 710 g/mol. The minimum absolute atomic E-state index is 0.000813. The first-order valence-electron chi connectivity index (χ1n) is 16.0. The monoisotopic (exact) mass is 745 g/mol. The van der Waals surface area contributed by atoms with Gasteiger partial charge in [0.1, 0.15) is 24.5 Å². The summed E-state index contributed by atoms with van der Waals surface area (Å²) < 4.78 is 18.6. The van der Waals surface area contributed by atoms with Crippen LogP contribution in [0.15, 0.2) is 41.4 Å². The Hall–Kier alpha value is -5.58. The number of aromatic amines is 1. The molecule has 1 aromatic rings. The topological polar surface area (TPSA) is 428 Å². The fourth-order valence-corrected chi connectivity index (χ4v) is 6.31. The lowest BCUT2D eigenvalue weighted by Crippen LogP contribution is -2.65. The van der Waals surface area contributed by atoms with Gasteiger partial charge in [-0.3, -0.25) is 19.1 Å². The third kappa shape index (κ3) is 9.46. The van der Waals surface area contributed by atoms with Crippen LogP contribution in [0.2, 0.25) is 0 Å². The summed E-state index contributed by atoms with van der Waals surface area (Å²) in [6.07, 6.45) is -10.2. The largest absolute Gasteiger partial charge is 0.391 e. The molecule has 1 amide bonds. The van der Waals surface area contributed by atoms with Crippen molar-refractivity contribution in [2.45, 2.75) is 106 Å². The average molecular weight is 746 g/mol. The van der Waals surface area contributed by atoms with E-state index in [1.165, 1.54) is 13.1 Å². The first-order chi connectivity index (χ1) is 25.5. The standard InChI is InChI=1S/C25H35N19O9/c1-9-8-44(25(50)34-22(9)48)14-6-12(37-42-29)21(52-14)23(49)32-4-2-3-31-15-17(45)10(35-40-27)5-11(36-41-28)20(15)53-24-16(38-43-30)19(47)18(46)13(51-24)7-33-39-26/h8,10-21,24,31,45-47H,2-7H2,1H3,(H,32,49)(H,34,48,50)/t10-,11+,12+,13-,14-,15+,16-,17+,18-,19-,20-,21+,24-/m1/s1. The predicted octanol–water partition coefficient (Wildman–Crippen LogP) is 0.219. The fraction of sp³-hybridized carbons (Fsp3) is 0.800. The molecule has 4 rings (SSSR count). The predicted molar refractivity (Wildman–Crippen MR) is 176 cm³/mol.